The van der Waals surface area contributed by atoms with E-state index >= 15 is 0 Å². The monoisotopic (exact) mass is 223 g/mol. The van der Waals surface area contributed by atoms with Crippen LogP contribution >= 0.6 is 0 Å². The summed E-state index contributed by atoms with van der Waals surface area (Å²) in [6.45, 7) is 3.27. The molecule has 0 spiro atoms. The minimum absolute atomic E-state index is 0.186. The minimum atomic E-state index is -0.186. The molecule has 0 saturated carbocycles. The zero-order chi connectivity index (χ0) is 11.8. The van der Waals surface area contributed by atoms with Crippen molar-refractivity contribution in [1.82, 2.24) is 5.32 Å². The Kier molecular flexibility index (Phi) is 5.72. The number of hydrogen-bond acceptors (Lipinski definition) is 2. The first-order chi connectivity index (χ1) is 7.68. The Bertz CT molecular complexity index is 338. The molecule has 0 unspecified atom stereocenters. The molecule has 3 heteroatoms. The fraction of sp³-hybridized carbons (Fsp3) is 0.462. The molecular formula is C13H18FNO. The molecule has 0 bridgehead atoms. The van der Waals surface area contributed by atoms with Crippen molar-refractivity contribution in [1.29, 1.82) is 0 Å². The zero-order valence-electron chi connectivity index (χ0n) is 9.63. The molecule has 2 nitrogen and oxygen atoms in total. The molecule has 0 aromatic heterocycles. The van der Waals surface area contributed by atoms with Crippen LogP contribution in [0.4, 0.5) is 4.39 Å². The van der Waals surface area contributed by atoms with Gasteiger partial charge < -0.3 is 10.1 Å². The summed E-state index contributed by atoms with van der Waals surface area (Å²) in [6, 6.07) is 6.64. The highest BCUT2D eigenvalue weighted by Gasteiger charge is 1.96. The van der Waals surface area contributed by atoms with E-state index in [9.17, 15) is 9.18 Å². The van der Waals surface area contributed by atoms with Gasteiger partial charge >= 0.3 is 0 Å². The summed E-state index contributed by atoms with van der Waals surface area (Å²) in [5.74, 6) is 0.0426. The second-order valence-corrected chi connectivity index (χ2v) is 3.94. The zero-order valence-corrected chi connectivity index (χ0v) is 9.63. The molecule has 16 heavy (non-hydrogen) atoms. The van der Waals surface area contributed by atoms with E-state index in [0.29, 0.717) is 6.42 Å². The number of carbonyl (C=O) groups excluding carboxylic acids is 1. The maximum absolute atomic E-state index is 12.8. The summed E-state index contributed by atoms with van der Waals surface area (Å²) >= 11 is 0. The molecule has 0 aliphatic rings. The van der Waals surface area contributed by atoms with Crippen LogP contribution in [0.1, 0.15) is 25.3 Å². The van der Waals surface area contributed by atoms with E-state index in [1.807, 2.05) is 6.07 Å². The second kappa shape index (κ2) is 7.12. The summed E-state index contributed by atoms with van der Waals surface area (Å²) in [7, 11) is 0. The molecule has 0 fully saturated rings. The predicted molar refractivity (Wildman–Crippen MR) is 62.9 cm³/mol. The van der Waals surface area contributed by atoms with E-state index in [4.69, 9.17) is 0 Å². The summed E-state index contributed by atoms with van der Waals surface area (Å²) in [5, 5.41) is 3.23. The third kappa shape index (κ3) is 5.61. The van der Waals surface area contributed by atoms with Crippen LogP contribution in [-0.2, 0) is 11.2 Å². The second-order valence-electron chi connectivity index (χ2n) is 3.94. The van der Waals surface area contributed by atoms with E-state index in [0.717, 1.165) is 31.5 Å². The first-order valence-electron chi connectivity index (χ1n) is 5.63. The van der Waals surface area contributed by atoms with Crippen molar-refractivity contribution in [2.45, 2.75) is 26.2 Å². The number of benzene rings is 1. The number of Topliss-reactive ketones (excluding diaryl/α,β-unsaturated/α-hetero) is 1. The van der Waals surface area contributed by atoms with Gasteiger partial charge in [-0.3, -0.25) is 0 Å². The van der Waals surface area contributed by atoms with Crippen molar-refractivity contribution in [3.8, 4) is 0 Å². The van der Waals surface area contributed by atoms with Crippen molar-refractivity contribution in [3.63, 3.8) is 0 Å². The molecule has 0 aliphatic heterocycles. The lowest BCUT2D eigenvalue weighted by molar-refractivity contribution is -0.117. The van der Waals surface area contributed by atoms with E-state index < -0.39 is 0 Å². The van der Waals surface area contributed by atoms with Crippen LogP contribution in [-0.4, -0.2) is 18.9 Å². The molecule has 0 heterocycles. The molecule has 1 rings (SSSR count). The number of hydrogen-bond donors (Lipinski definition) is 1. The first-order valence-corrected chi connectivity index (χ1v) is 5.63. The Labute approximate surface area is 95.9 Å². The normalized spacial score (nSPS) is 10.4. The lowest BCUT2D eigenvalue weighted by Gasteiger charge is -2.04. The SMILES string of the molecule is CC(=O)CCCNCCc1cccc(F)c1. The lowest BCUT2D eigenvalue weighted by Crippen LogP contribution is -2.19. The van der Waals surface area contributed by atoms with Crippen LogP contribution in [0.15, 0.2) is 24.3 Å². The smallest absolute Gasteiger partial charge is 0.129 e. The van der Waals surface area contributed by atoms with Crippen molar-refractivity contribution in [2.75, 3.05) is 13.1 Å². The van der Waals surface area contributed by atoms with Gasteiger partial charge in [-0.2, -0.15) is 0 Å². The standard InChI is InChI=1S/C13H18FNO/c1-11(16)4-3-8-15-9-7-12-5-2-6-13(14)10-12/h2,5-6,10,15H,3-4,7-9H2,1H3. The van der Waals surface area contributed by atoms with Gasteiger partial charge in [-0.05, 0) is 50.6 Å². The van der Waals surface area contributed by atoms with Gasteiger partial charge in [-0.1, -0.05) is 12.1 Å². The Morgan fingerprint density at radius 1 is 1.38 bits per heavy atom. The highest BCUT2D eigenvalue weighted by molar-refractivity contribution is 5.75. The van der Waals surface area contributed by atoms with Gasteiger partial charge in [-0.15, -0.1) is 0 Å². The van der Waals surface area contributed by atoms with Crippen LogP contribution in [0.2, 0.25) is 0 Å². The summed E-state index contributed by atoms with van der Waals surface area (Å²) < 4.78 is 12.8. The highest BCUT2D eigenvalue weighted by atomic mass is 19.1. The fourth-order valence-electron chi connectivity index (χ4n) is 1.51. The lowest BCUT2D eigenvalue weighted by atomic mass is 10.1. The molecule has 0 amide bonds. The number of rotatable bonds is 7. The van der Waals surface area contributed by atoms with Crippen LogP contribution in [0.3, 0.4) is 0 Å². The number of nitrogens with one attached hydrogen (secondary N) is 1. The fourth-order valence-corrected chi connectivity index (χ4v) is 1.51. The highest BCUT2D eigenvalue weighted by Crippen LogP contribution is 2.03. The summed E-state index contributed by atoms with van der Waals surface area (Å²) in [4.78, 5) is 10.7. The van der Waals surface area contributed by atoms with Gasteiger partial charge in [0.2, 0.25) is 0 Å². The predicted octanol–water partition coefficient (Wildman–Crippen LogP) is 2.33. The van der Waals surface area contributed by atoms with Crippen molar-refractivity contribution in [3.05, 3.63) is 35.6 Å². The molecular weight excluding hydrogens is 205 g/mol. The maximum atomic E-state index is 12.8. The quantitative estimate of drug-likeness (QED) is 0.719. The third-order valence-electron chi connectivity index (χ3n) is 2.36. The van der Waals surface area contributed by atoms with Crippen LogP contribution in [0, 0.1) is 5.82 Å². The molecule has 0 radical (unpaired) electrons. The largest absolute Gasteiger partial charge is 0.316 e. The van der Waals surface area contributed by atoms with Gasteiger partial charge in [-0.25, -0.2) is 4.39 Å². The topological polar surface area (TPSA) is 29.1 Å². The van der Waals surface area contributed by atoms with Crippen molar-refractivity contribution >= 4 is 5.78 Å². The third-order valence-corrected chi connectivity index (χ3v) is 2.36. The van der Waals surface area contributed by atoms with E-state index in [2.05, 4.69) is 5.32 Å². The molecule has 0 atom stereocenters. The average Bonchev–Trinajstić information content (AvgIpc) is 2.23. The number of carbonyl (C=O) groups is 1. The van der Waals surface area contributed by atoms with E-state index in [1.54, 1.807) is 19.1 Å². The van der Waals surface area contributed by atoms with Crippen molar-refractivity contribution < 1.29 is 9.18 Å². The molecule has 1 aromatic rings. The summed E-state index contributed by atoms with van der Waals surface area (Å²) in [5.41, 5.74) is 0.999. The van der Waals surface area contributed by atoms with Gasteiger partial charge in [0.15, 0.2) is 0 Å². The number of halogens is 1. The molecule has 0 aliphatic carbocycles. The Morgan fingerprint density at radius 3 is 2.88 bits per heavy atom. The molecule has 0 saturated heterocycles. The Hall–Kier alpha value is -1.22. The van der Waals surface area contributed by atoms with Gasteiger partial charge in [0.25, 0.3) is 0 Å². The first kappa shape index (κ1) is 12.8. The minimum Gasteiger partial charge on any atom is -0.316 e. The molecule has 88 valence electrons. The molecule has 1 N–H and O–H groups in total. The Morgan fingerprint density at radius 2 is 2.19 bits per heavy atom. The van der Waals surface area contributed by atoms with Crippen LogP contribution < -0.4 is 5.32 Å². The molecule has 1 aromatic carbocycles. The number of ketones is 1. The summed E-state index contributed by atoms with van der Waals surface area (Å²) in [6.07, 6.45) is 2.32. The van der Waals surface area contributed by atoms with Gasteiger partial charge in [0.1, 0.15) is 11.6 Å². The van der Waals surface area contributed by atoms with Crippen molar-refractivity contribution in [2.24, 2.45) is 0 Å². The van der Waals surface area contributed by atoms with Crippen LogP contribution in [0.25, 0.3) is 0 Å². The Balaban J connectivity index is 2.09. The van der Waals surface area contributed by atoms with Crippen LogP contribution in [0.5, 0.6) is 0 Å². The van der Waals surface area contributed by atoms with Gasteiger partial charge in [0, 0.05) is 6.42 Å². The van der Waals surface area contributed by atoms with E-state index in [-0.39, 0.29) is 11.6 Å². The maximum Gasteiger partial charge on any atom is 0.129 e. The van der Waals surface area contributed by atoms with E-state index in [1.165, 1.54) is 6.07 Å². The van der Waals surface area contributed by atoms with Gasteiger partial charge in [0.05, 0.1) is 0 Å². The average molecular weight is 223 g/mol.